The van der Waals surface area contributed by atoms with E-state index in [-0.39, 0.29) is 18.1 Å². The maximum atomic E-state index is 12.1. The van der Waals surface area contributed by atoms with Crippen LogP contribution in [0.3, 0.4) is 0 Å². The molecule has 1 aromatic rings. The van der Waals surface area contributed by atoms with Crippen molar-refractivity contribution in [2.75, 3.05) is 99.1 Å². The van der Waals surface area contributed by atoms with Gasteiger partial charge in [-0.3, -0.25) is 4.18 Å². The molecular formula is C34H62O10S. The van der Waals surface area contributed by atoms with E-state index in [0.717, 1.165) is 18.6 Å². The summed E-state index contributed by atoms with van der Waals surface area (Å²) in [4.78, 5) is 0.136. The summed E-state index contributed by atoms with van der Waals surface area (Å²) in [7, 11) is -3.76. The van der Waals surface area contributed by atoms with Crippen molar-refractivity contribution in [3.63, 3.8) is 0 Å². The highest BCUT2D eigenvalue weighted by molar-refractivity contribution is 7.86. The number of aryl methyl sites for hydroxylation is 1. The molecule has 0 aromatic heterocycles. The van der Waals surface area contributed by atoms with Gasteiger partial charge in [0.1, 0.15) is 0 Å². The number of rotatable bonds is 35. The van der Waals surface area contributed by atoms with E-state index >= 15 is 0 Å². The fourth-order valence-corrected chi connectivity index (χ4v) is 5.16. The van der Waals surface area contributed by atoms with Gasteiger partial charge in [-0.15, -0.1) is 0 Å². The maximum absolute atomic E-state index is 12.1. The van der Waals surface area contributed by atoms with Gasteiger partial charge in [0.15, 0.2) is 0 Å². The lowest BCUT2D eigenvalue weighted by molar-refractivity contribution is -0.0212. The molecule has 1 aromatic carbocycles. The fourth-order valence-electron chi connectivity index (χ4n) is 4.27. The Balaban J connectivity index is 1.68. The SMILES string of the molecule is CCCCCCCCCCCCCOCCOCCOCCOCCOCCOCCOCCOS(=O)(=O)c1ccc(C)cc1. The van der Waals surface area contributed by atoms with Crippen LogP contribution in [0.5, 0.6) is 0 Å². The molecule has 10 nitrogen and oxygen atoms in total. The third-order valence-corrected chi connectivity index (χ3v) is 8.23. The third kappa shape index (κ3) is 27.7. The fraction of sp³-hybridized carbons (Fsp3) is 0.824. The molecule has 0 unspecified atom stereocenters. The van der Waals surface area contributed by atoms with Crippen molar-refractivity contribution in [3.05, 3.63) is 29.8 Å². The van der Waals surface area contributed by atoms with Gasteiger partial charge in [0.25, 0.3) is 10.1 Å². The van der Waals surface area contributed by atoms with Gasteiger partial charge in [0.2, 0.25) is 0 Å². The van der Waals surface area contributed by atoms with E-state index in [4.69, 9.17) is 37.3 Å². The van der Waals surface area contributed by atoms with E-state index < -0.39 is 10.1 Å². The minimum absolute atomic E-state index is 0.0485. The summed E-state index contributed by atoms with van der Waals surface area (Å²) in [5.74, 6) is 0. The summed E-state index contributed by atoms with van der Waals surface area (Å²) >= 11 is 0. The molecule has 11 heteroatoms. The van der Waals surface area contributed by atoms with Crippen LogP contribution in [0.25, 0.3) is 0 Å². The summed E-state index contributed by atoms with van der Waals surface area (Å²) in [6, 6.07) is 6.51. The van der Waals surface area contributed by atoms with Crippen molar-refractivity contribution in [1.29, 1.82) is 0 Å². The monoisotopic (exact) mass is 662 g/mol. The van der Waals surface area contributed by atoms with Crippen LogP contribution < -0.4 is 0 Å². The minimum atomic E-state index is -3.76. The molecule has 0 saturated carbocycles. The second kappa shape index (κ2) is 31.4. The van der Waals surface area contributed by atoms with Crippen LogP contribution >= 0.6 is 0 Å². The molecule has 0 saturated heterocycles. The molecule has 0 amide bonds. The minimum Gasteiger partial charge on any atom is -0.379 e. The van der Waals surface area contributed by atoms with Gasteiger partial charge in [0.05, 0.1) is 97.4 Å². The van der Waals surface area contributed by atoms with Crippen LogP contribution in [0.4, 0.5) is 0 Å². The highest BCUT2D eigenvalue weighted by Crippen LogP contribution is 2.13. The Morgan fingerprint density at radius 2 is 0.733 bits per heavy atom. The van der Waals surface area contributed by atoms with E-state index in [9.17, 15) is 8.42 Å². The Hall–Kier alpha value is -1.15. The second-order valence-electron chi connectivity index (χ2n) is 10.9. The largest absolute Gasteiger partial charge is 0.379 e. The van der Waals surface area contributed by atoms with Crippen LogP contribution in [0.15, 0.2) is 29.2 Å². The highest BCUT2D eigenvalue weighted by Gasteiger charge is 2.14. The Kier molecular flexibility index (Phi) is 29.3. The van der Waals surface area contributed by atoms with Crippen molar-refractivity contribution in [2.24, 2.45) is 0 Å². The van der Waals surface area contributed by atoms with E-state index in [0.29, 0.717) is 79.3 Å². The first kappa shape index (κ1) is 41.9. The van der Waals surface area contributed by atoms with Gasteiger partial charge in [-0.1, -0.05) is 88.8 Å². The summed E-state index contributed by atoms with van der Waals surface area (Å²) in [5, 5.41) is 0. The predicted molar refractivity (Wildman–Crippen MR) is 177 cm³/mol. The molecule has 0 N–H and O–H groups in total. The topological polar surface area (TPSA) is 108 Å². The molecular weight excluding hydrogens is 600 g/mol. The van der Waals surface area contributed by atoms with Gasteiger partial charge < -0.3 is 33.2 Å². The molecule has 0 bridgehead atoms. The maximum Gasteiger partial charge on any atom is 0.297 e. The van der Waals surface area contributed by atoms with Crippen molar-refractivity contribution in [1.82, 2.24) is 0 Å². The summed E-state index contributed by atoms with van der Waals surface area (Å²) in [5.41, 5.74) is 0.982. The van der Waals surface area contributed by atoms with Crippen molar-refractivity contribution >= 4 is 10.1 Å². The first-order valence-corrected chi connectivity index (χ1v) is 18.5. The zero-order valence-corrected chi connectivity index (χ0v) is 29.0. The molecule has 0 heterocycles. The Morgan fingerprint density at radius 3 is 1.11 bits per heavy atom. The lowest BCUT2D eigenvalue weighted by Gasteiger charge is -2.09. The number of hydrogen-bond donors (Lipinski definition) is 0. The van der Waals surface area contributed by atoms with Gasteiger partial charge in [0, 0.05) is 6.61 Å². The normalized spacial score (nSPS) is 11.9. The molecule has 1 rings (SSSR count). The van der Waals surface area contributed by atoms with Crippen LogP contribution in [0.2, 0.25) is 0 Å². The summed E-state index contributed by atoms with van der Waals surface area (Å²) in [6.07, 6.45) is 14.8. The summed E-state index contributed by atoms with van der Waals surface area (Å²) in [6.45, 7) is 11.1. The highest BCUT2D eigenvalue weighted by atomic mass is 32.2. The standard InChI is InChI=1S/C34H62O10S/c1-3-4-5-6-7-8-9-10-11-12-13-18-37-19-20-38-21-22-39-23-24-40-25-26-41-27-28-42-29-30-43-31-32-44-45(35,36)34-16-14-33(2)15-17-34/h14-17H,3-13,18-32H2,1-2H3. The van der Waals surface area contributed by atoms with E-state index in [1.54, 1.807) is 12.1 Å². The van der Waals surface area contributed by atoms with Gasteiger partial charge in [-0.25, -0.2) is 0 Å². The summed E-state index contributed by atoms with van der Waals surface area (Å²) < 4.78 is 67.5. The van der Waals surface area contributed by atoms with Crippen LogP contribution in [-0.2, 0) is 47.5 Å². The van der Waals surface area contributed by atoms with Crippen molar-refractivity contribution < 1.29 is 45.8 Å². The van der Waals surface area contributed by atoms with Crippen LogP contribution in [0, 0.1) is 6.92 Å². The number of benzene rings is 1. The average Bonchev–Trinajstić information content (AvgIpc) is 3.03. The van der Waals surface area contributed by atoms with E-state index in [2.05, 4.69) is 6.92 Å². The molecule has 0 fully saturated rings. The first-order chi connectivity index (χ1) is 22.1. The van der Waals surface area contributed by atoms with E-state index in [1.807, 2.05) is 6.92 Å². The Labute approximate surface area is 273 Å². The number of unbranched alkanes of at least 4 members (excludes halogenated alkanes) is 10. The predicted octanol–water partition coefficient (Wildman–Crippen LogP) is 6.13. The van der Waals surface area contributed by atoms with Gasteiger partial charge in [-0.2, -0.15) is 8.42 Å². The van der Waals surface area contributed by atoms with E-state index in [1.165, 1.54) is 76.3 Å². The molecule has 45 heavy (non-hydrogen) atoms. The molecule has 0 atom stereocenters. The van der Waals surface area contributed by atoms with Crippen molar-refractivity contribution in [3.8, 4) is 0 Å². The first-order valence-electron chi connectivity index (χ1n) is 17.1. The number of ether oxygens (including phenoxy) is 7. The molecule has 0 aliphatic rings. The molecule has 0 radical (unpaired) electrons. The lowest BCUT2D eigenvalue weighted by Crippen LogP contribution is -2.15. The van der Waals surface area contributed by atoms with Crippen LogP contribution in [-0.4, -0.2) is 108 Å². The molecule has 0 aliphatic carbocycles. The Bertz CT molecular complexity index is 851. The third-order valence-electron chi connectivity index (χ3n) is 6.90. The smallest absolute Gasteiger partial charge is 0.297 e. The molecule has 0 aliphatic heterocycles. The van der Waals surface area contributed by atoms with Crippen LogP contribution in [0.1, 0.15) is 83.1 Å². The van der Waals surface area contributed by atoms with Gasteiger partial charge >= 0.3 is 0 Å². The lowest BCUT2D eigenvalue weighted by atomic mass is 10.1. The number of hydrogen-bond acceptors (Lipinski definition) is 10. The zero-order chi connectivity index (χ0) is 32.5. The van der Waals surface area contributed by atoms with Gasteiger partial charge in [-0.05, 0) is 25.5 Å². The molecule has 0 spiro atoms. The van der Waals surface area contributed by atoms with Crippen molar-refractivity contribution in [2.45, 2.75) is 89.4 Å². The average molecular weight is 663 g/mol. The Morgan fingerprint density at radius 1 is 0.422 bits per heavy atom. The second-order valence-corrected chi connectivity index (χ2v) is 12.5. The quantitative estimate of drug-likeness (QED) is 0.0623. The zero-order valence-electron chi connectivity index (χ0n) is 28.2. The molecule has 264 valence electrons.